The van der Waals surface area contributed by atoms with E-state index in [1.807, 2.05) is 73.3 Å². The van der Waals surface area contributed by atoms with Crippen LogP contribution in [-0.2, 0) is 0 Å². The summed E-state index contributed by atoms with van der Waals surface area (Å²) in [5.74, 6) is 1.41. The maximum absolute atomic E-state index is 13.4. The van der Waals surface area contributed by atoms with Gasteiger partial charge in [0.25, 0.3) is 5.91 Å². The van der Waals surface area contributed by atoms with Gasteiger partial charge >= 0.3 is 0 Å². The first-order valence-electron chi connectivity index (χ1n) is 10.5. The lowest BCUT2D eigenvalue weighted by Crippen LogP contribution is -2.31. The van der Waals surface area contributed by atoms with Crippen molar-refractivity contribution in [2.24, 2.45) is 0 Å². The number of hydrogen-bond donors (Lipinski definition) is 2. The molecule has 5 rings (SSSR count). The van der Waals surface area contributed by atoms with E-state index >= 15 is 0 Å². The molecule has 1 aromatic carbocycles. The molecule has 1 saturated heterocycles. The van der Waals surface area contributed by atoms with Crippen LogP contribution in [0.4, 0.5) is 11.6 Å². The van der Waals surface area contributed by atoms with Crippen LogP contribution in [0.25, 0.3) is 10.9 Å². The minimum absolute atomic E-state index is 0.0557. The second kappa shape index (κ2) is 7.83. The maximum atomic E-state index is 13.4. The van der Waals surface area contributed by atoms with E-state index in [-0.39, 0.29) is 11.9 Å². The molecule has 0 saturated carbocycles. The monoisotopic (exact) mass is 412 g/mol. The Hall–Kier alpha value is -3.74. The van der Waals surface area contributed by atoms with Crippen LogP contribution < -0.4 is 5.32 Å². The molecule has 7 heteroatoms. The molecule has 1 atom stereocenters. The molecule has 156 valence electrons. The van der Waals surface area contributed by atoms with Gasteiger partial charge in [-0.1, -0.05) is 23.8 Å². The third kappa shape index (κ3) is 3.74. The third-order valence-electron chi connectivity index (χ3n) is 5.69. The van der Waals surface area contributed by atoms with Gasteiger partial charge in [-0.2, -0.15) is 5.10 Å². The molecule has 4 heterocycles. The summed E-state index contributed by atoms with van der Waals surface area (Å²) in [6, 6.07) is 17.6. The third-order valence-corrected chi connectivity index (χ3v) is 5.69. The molecule has 1 fully saturated rings. The van der Waals surface area contributed by atoms with Crippen LogP contribution >= 0.6 is 0 Å². The number of anilines is 2. The number of nitrogens with one attached hydrogen (secondary N) is 2. The number of nitrogens with zero attached hydrogens (tertiary/aromatic N) is 4. The Kier molecular flexibility index (Phi) is 4.86. The number of H-pyrrole nitrogens is 1. The van der Waals surface area contributed by atoms with Crippen molar-refractivity contribution in [2.75, 3.05) is 11.9 Å². The number of pyridine rings is 2. The van der Waals surface area contributed by atoms with Gasteiger partial charge in [0.15, 0.2) is 5.69 Å². The van der Waals surface area contributed by atoms with E-state index < -0.39 is 0 Å². The van der Waals surface area contributed by atoms with Gasteiger partial charge in [-0.15, -0.1) is 0 Å². The number of amides is 1. The second-order valence-electron chi connectivity index (χ2n) is 8.01. The smallest absolute Gasteiger partial charge is 0.275 e. The first-order valence-corrected chi connectivity index (χ1v) is 10.5. The highest BCUT2D eigenvalue weighted by Gasteiger charge is 2.33. The summed E-state index contributed by atoms with van der Waals surface area (Å²) in [7, 11) is 0. The predicted molar refractivity (Wildman–Crippen MR) is 120 cm³/mol. The van der Waals surface area contributed by atoms with Gasteiger partial charge in [-0.3, -0.25) is 9.89 Å². The summed E-state index contributed by atoms with van der Waals surface area (Å²) in [4.78, 5) is 24.6. The molecule has 1 aliphatic rings. The normalized spacial score (nSPS) is 16.1. The van der Waals surface area contributed by atoms with Gasteiger partial charge in [-0.25, -0.2) is 9.97 Å². The van der Waals surface area contributed by atoms with Gasteiger partial charge in [0.2, 0.25) is 0 Å². The molecule has 1 unspecified atom stereocenters. The highest BCUT2D eigenvalue weighted by molar-refractivity contribution is 6.05. The Morgan fingerprint density at radius 1 is 1.06 bits per heavy atom. The van der Waals surface area contributed by atoms with E-state index in [4.69, 9.17) is 4.98 Å². The number of fused-ring (bicyclic) bond motifs is 1. The lowest BCUT2D eigenvalue weighted by atomic mass is 10.1. The predicted octanol–water partition coefficient (Wildman–Crippen LogP) is 4.69. The largest absolute Gasteiger partial charge is 0.329 e. The standard InChI is InChI=1S/C24H24N6O/c1-15-11-12-18-17(14-15)23(29-28-18)24(31)30-13-5-8-20(30)19-7-4-10-22(26-19)27-21-9-3-6-16(2)25-21/h3-4,6-7,9-12,14,20H,5,8,13H2,1-2H3,(H,28,29)(H,25,26,27). The van der Waals surface area contributed by atoms with Crippen LogP contribution in [0.5, 0.6) is 0 Å². The van der Waals surface area contributed by atoms with Crippen LogP contribution in [-0.4, -0.2) is 37.5 Å². The molecule has 0 bridgehead atoms. The highest BCUT2D eigenvalue weighted by atomic mass is 16.2. The summed E-state index contributed by atoms with van der Waals surface area (Å²) in [6.07, 6.45) is 1.82. The van der Waals surface area contributed by atoms with Crippen molar-refractivity contribution in [1.82, 2.24) is 25.1 Å². The van der Waals surface area contributed by atoms with E-state index in [1.165, 1.54) is 0 Å². The van der Waals surface area contributed by atoms with Crippen molar-refractivity contribution < 1.29 is 4.79 Å². The number of benzene rings is 1. The molecular formula is C24H24N6O. The number of hydrogen-bond acceptors (Lipinski definition) is 5. The van der Waals surface area contributed by atoms with Gasteiger partial charge < -0.3 is 10.2 Å². The van der Waals surface area contributed by atoms with Crippen molar-refractivity contribution in [1.29, 1.82) is 0 Å². The van der Waals surface area contributed by atoms with Crippen molar-refractivity contribution in [3.8, 4) is 0 Å². The quantitative estimate of drug-likeness (QED) is 0.508. The molecule has 3 aromatic heterocycles. The van der Waals surface area contributed by atoms with E-state index in [0.717, 1.165) is 52.3 Å². The number of aryl methyl sites for hydroxylation is 2. The van der Waals surface area contributed by atoms with Gasteiger partial charge in [0, 0.05) is 17.6 Å². The van der Waals surface area contributed by atoms with Crippen molar-refractivity contribution in [3.05, 3.63) is 77.2 Å². The molecule has 7 nitrogen and oxygen atoms in total. The Morgan fingerprint density at radius 3 is 2.71 bits per heavy atom. The van der Waals surface area contributed by atoms with Gasteiger partial charge in [0.05, 0.1) is 17.3 Å². The lowest BCUT2D eigenvalue weighted by Gasteiger charge is -2.24. The summed E-state index contributed by atoms with van der Waals surface area (Å²) in [5.41, 5.74) is 4.27. The van der Waals surface area contributed by atoms with Crippen LogP contribution in [0.3, 0.4) is 0 Å². The van der Waals surface area contributed by atoms with Gasteiger partial charge in [-0.05, 0) is 63.1 Å². The molecule has 1 amide bonds. The molecule has 0 spiro atoms. The summed E-state index contributed by atoms with van der Waals surface area (Å²) in [5, 5.41) is 11.5. The van der Waals surface area contributed by atoms with E-state index in [0.29, 0.717) is 12.2 Å². The van der Waals surface area contributed by atoms with E-state index in [1.54, 1.807) is 0 Å². The molecule has 0 radical (unpaired) electrons. The Balaban J connectivity index is 1.42. The zero-order valence-corrected chi connectivity index (χ0v) is 17.6. The van der Waals surface area contributed by atoms with Crippen LogP contribution in [0, 0.1) is 13.8 Å². The molecule has 0 aliphatic carbocycles. The number of likely N-dealkylation sites (tertiary alicyclic amines) is 1. The van der Waals surface area contributed by atoms with E-state index in [2.05, 4.69) is 20.5 Å². The first-order chi connectivity index (χ1) is 15.1. The Bertz CT molecular complexity index is 1260. The lowest BCUT2D eigenvalue weighted by molar-refractivity contribution is 0.0729. The summed E-state index contributed by atoms with van der Waals surface area (Å²) in [6.45, 7) is 4.67. The second-order valence-corrected chi connectivity index (χ2v) is 8.01. The summed E-state index contributed by atoms with van der Waals surface area (Å²) >= 11 is 0. The number of rotatable bonds is 4. The van der Waals surface area contributed by atoms with Crippen LogP contribution in [0.2, 0.25) is 0 Å². The first kappa shape index (κ1) is 19.2. The molecule has 4 aromatic rings. The topological polar surface area (TPSA) is 86.8 Å². The highest BCUT2D eigenvalue weighted by Crippen LogP contribution is 2.33. The van der Waals surface area contributed by atoms with Crippen LogP contribution in [0.15, 0.2) is 54.6 Å². The molecule has 1 aliphatic heterocycles. The summed E-state index contributed by atoms with van der Waals surface area (Å²) < 4.78 is 0. The Labute approximate surface area is 180 Å². The molecule has 2 N–H and O–H groups in total. The zero-order valence-electron chi connectivity index (χ0n) is 17.6. The van der Waals surface area contributed by atoms with Crippen molar-refractivity contribution >= 4 is 28.4 Å². The average molecular weight is 412 g/mol. The molecule has 31 heavy (non-hydrogen) atoms. The number of aromatic nitrogens is 4. The fourth-order valence-corrected chi connectivity index (χ4v) is 4.19. The number of carbonyl (C=O) groups excluding carboxylic acids is 1. The fraction of sp³-hybridized carbons (Fsp3) is 0.250. The van der Waals surface area contributed by atoms with E-state index in [9.17, 15) is 4.79 Å². The zero-order chi connectivity index (χ0) is 21.4. The number of aromatic amines is 1. The minimum atomic E-state index is -0.0729. The average Bonchev–Trinajstić information content (AvgIpc) is 3.41. The minimum Gasteiger partial charge on any atom is -0.329 e. The SMILES string of the molecule is Cc1ccc2[nH]nc(C(=O)N3CCCC3c3cccc(Nc4cccc(C)n4)n3)c2c1. The van der Waals surface area contributed by atoms with Crippen molar-refractivity contribution in [2.45, 2.75) is 32.7 Å². The fourth-order valence-electron chi connectivity index (χ4n) is 4.19. The Morgan fingerprint density at radius 2 is 1.87 bits per heavy atom. The molecular weight excluding hydrogens is 388 g/mol. The van der Waals surface area contributed by atoms with Crippen LogP contribution in [0.1, 0.15) is 46.3 Å². The van der Waals surface area contributed by atoms with Crippen molar-refractivity contribution in [3.63, 3.8) is 0 Å². The number of carbonyl (C=O) groups is 1. The maximum Gasteiger partial charge on any atom is 0.275 e. The van der Waals surface area contributed by atoms with Gasteiger partial charge in [0.1, 0.15) is 11.6 Å².